The number of carbonyl (C=O) groups excluding carboxylic acids is 2. The van der Waals surface area contributed by atoms with Gasteiger partial charge in [0.1, 0.15) is 17.9 Å². The molecule has 2 atom stereocenters. The molecule has 5 rings (SSSR count). The van der Waals surface area contributed by atoms with E-state index in [1.54, 1.807) is 36.4 Å². The molecule has 1 aliphatic heterocycles. The molecule has 42 heavy (non-hydrogen) atoms. The molecule has 1 aliphatic carbocycles. The summed E-state index contributed by atoms with van der Waals surface area (Å²) in [5, 5.41) is 2.36. The fraction of sp³-hybridized carbons (Fsp3) is 0.323. The van der Waals surface area contributed by atoms with Crippen LogP contribution in [0.4, 0.5) is 13.2 Å². The number of amides is 2. The van der Waals surface area contributed by atoms with Gasteiger partial charge in [-0.15, -0.1) is 0 Å². The monoisotopic (exact) mass is 579 g/mol. The second kappa shape index (κ2) is 11.3. The molecule has 1 saturated carbocycles. The van der Waals surface area contributed by atoms with Crippen molar-refractivity contribution < 1.29 is 37.0 Å². The van der Waals surface area contributed by atoms with Gasteiger partial charge in [0, 0.05) is 23.2 Å². The number of alkyl halides is 3. The van der Waals surface area contributed by atoms with E-state index in [0.717, 1.165) is 18.9 Å². The second-order valence-corrected chi connectivity index (χ2v) is 10.4. The van der Waals surface area contributed by atoms with Crippen molar-refractivity contribution in [2.45, 2.75) is 43.4 Å². The van der Waals surface area contributed by atoms with Gasteiger partial charge in [0.15, 0.2) is 22.9 Å². The molecule has 2 amide bonds. The van der Waals surface area contributed by atoms with Crippen LogP contribution in [0.1, 0.15) is 58.6 Å². The number of halogens is 3. The molecule has 2 aromatic carbocycles. The smallest absolute Gasteiger partial charge is 0.398 e. The molecular weight excluding hydrogens is 551 g/mol. The molecule has 3 N–H and O–H groups in total. The number of aromatic nitrogens is 1. The molecule has 0 bridgehead atoms. The highest BCUT2D eigenvalue weighted by molar-refractivity contribution is 5.95. The molecule has 218 valence electrons. The van der Waals surface area contributed by atoms with Crippen molar-refractivity contribution in [1.82, 2.24) is 10.3 Å². The number of rotatable bonds is 8. The Morgan fingerprint density at radius 2 is 1.88 bits per heavy atom. The number of primary amides is 1. The minimum atomic E-state index is -4.80. The largest absolute Gasteiger partial charge is 0.493 e. The number of methoxy groups -OCH3 is 1. The van der Waals surface area contributed by atoms with Crippen LogP contribution in [-0.4, -0.2) is 49.3 Å². The fourth-order valence-electron chi connectivity index (χ4n) is 4.48. The van der Waals surface area contributed by atoms with E-state index >= 15 is 0 Å². The molecule has 1 aromatic heterocycles. The van der Waals surface area contributed by atoms with E-state index < -0.39 is 41.6 Å². The third-order valence-corrected chi connectivity index (χ3v) is 7.20. The molecule has 11 heteroatoms. The zero-order chi connectivity index (χ0) is 30.1. The first-order chi connectivity index (χ1) is 20.0. The summed E-state index contributed by atoms with van der Waals surface area (Å²) in [7, 11) is 1.41. The van der Waals surface area contributed by atoms with E-state index in [0.29, 0.717) is 17.1 Å². The zero-order valence-corrected chi connectivity index (χ0v) is 22.9. The maximum atomic E-state index is 14.5. The maximum Gasteiger partial charge on any atom is 0.398 e. The number of nitrogens with zero attached hydrogens (tertiary/aromatic N) is 1. The minimum absolute atomic E-state index is 0.0621. The number of hydrogen-bond acceptors (Lipinski definition) is 6. The van der Waals surface area contributed by atoms with Gasteiger partial charge in [0.25, 0.3) is 5.91 Å². The van der Waals surface area contributed by atoms with Crippen LogP contribution < -0.4 is 25.3 Å². The molecule has 3 aromatic rings. The molecule has 1 fully saturated rings. The summed E-state index contributed by atoms with van der Waals surface area (Å²) in [4.78, 5) is 29.5. The van der Waals surface area contributed by atoms with Crippen molar-refractivity contribution in [3.05, 3.63) is 82.7 Å². The molecule has 0 spiro atoms. The van der Waals surface area contributed by atoms with Crippen LogP contribution in [0.3, 0.4) is 0 Å². The maximum absolute atomic E-state index is 14.5. The summed E-state index contributed by atoms with van der Waals surface area (Å²) < 4.78 is 60.1. The zero-order valence-electron chi connectivity index (χ0n) is 22.9. The quantitative estimate of drug-likeness (QED) is 0.386. The first-order valence-corrected chi connectivity index (χ1v) is 13.2. The number of carbonyl (C=O) groups is 2. The Labute approximate surface area is 240 Å². The van der Waals surface area contributed by atoms with Crippen molar-refractivity contribution in [3.8, 4) is 29.1 Å². The lowest BCUT2D eigenvalue weighted by atomic mass is 9.82. The average Bonchev–Trinajstić information content (AvgIpc) is 3.72. The highest BCUT2D eigenvalue weighted by Gasteiger charge is 2.47. The predicted octanol–water partition coefficient (Wildman–Crippen LogP) is 4.24. The van der Waals surface area contributed by atoms with Crippen molar-refractivity contribution in [3.63, 3.8) is 0 Å². The SMILES string of the molecule is COc1cc(C(=O)NC[C@H](c2cc3c(c(C#Cc4ccccc4)n2)OC[C@]3(C)C(N)=O)C(F)(F)F)ccc1OC1CC1. The van der Waals surface area contributed by atoms with Crippen molar-refractivity contribution >= 4 is 11.8 Å². The molecule has 2 heterocycles. The van der Waals surface area contributed by atoms with E-state index in [4.69, 9.17) is 19.9 Å². The van der Waals surface area contributed by atoms with Gasteiger partial charge in [0.05, 0.1) is 18.9 Å². The lowest BCUT2D eigenvalue weighted by Gasteiger charge is -2.23. The van der Waals surface area contributed by atoms with Crippen molar-refractivity contribution in [1.29, 1.82) is 0 Å². The topological polar surface area (TPSA) is 113 Å². The number of ether oxygens (including phenoxy) is 3. The summed E-state index contributed by atoms with van der Waals surface area (Å²) in [5.74, 6) is 2.80. The van der Waals surface area contributed by atoms with Crippen LogP contribution in [0.2, 0.25) is 0 Å². The van der Waals surface area contributed by atoms with Crippen LogP contribution in [0, 0.1) is 11.8 Å². The Bertz CT molecular complexity index is 1580. The summed E-state index contributed by atoms with van der Waals surface area (Å²) in [6.45, 7) is 0.503. The van der Waals surface area contributed by atoms with Gasteiger partial charge in [0.2, 0.25) is 5.91 Å². The van der Waals surface area contributed by atoms with Gasteiger partial charge >= 0.3 is 6.18 Å². The van der Waals surface area contributed by atoms with Gasteiger partial charge in [-0.3, -0.25) is 9.59 Å². The van der Waals surface area contributed by atoms with Crippen molar-refractivity contribution in [2.24, 2.45) is 5.73 Å². The molecule has 0 radical (unpaired) electrons. The van der Waals surface area contributed by atoms with E-state index in [1.807, 2.05) is 0 Å². The van der Waals surface area contributed by atoms with Gasteiger partial charge in [-0.1, -0.05) is 24.1 Å². The standard InChI is InChI=1S/C31H28F3N3O5/c1-30(29(35)39)17-41-27-21(30)15-24(37-23(27)12-8-18-6-4-3-5-7-18)22(31(32,33)34)16-36-28(38)19-9-13-25(26(14-19)40-2)42-20-10-11-20/h3-7,9,13-15,20,22H,10-11,16-17H2,1-2H3,(H2,35,39)(H,36,38)/t22-,30+/m1/s1. The summed E-state index contributed by atoms with van der Waals surface area (Å²) >= 11 is 0. The van der Waals surface area contributed by atoms with E-state index in [1.165, 1.54) is 26.2 Å². The van der Waals surface area contributed by atoms with E-state index in [2.05, 4.69) is 22.1 Å². The number of hydrogen-bond donors (Lipinski definition) is 2. The first kappa shape index (κ1) is 28.8. The lowest BCUT2D eigenvalue weighted by molar-refractivity contribution is -0.149. The first-order valence-electron chi connectivity index (χ1n) is 13.2. The molecule has 2 aliphatic rings. The van der Waals surface area contributed by atoms with Gasteiger partial charge in [-0.2, -0.15) is 13.2 Å². The van der Waals surface area contributed by atoms with Crippen LogP contribution in [-0.2, 0) is 10.2 Å². The van der Waals surface area contributed by atoms with Crippen molar-refractivity contribution in [2.75, 3.05) is 20.3 Å². The fourth-order valence-corrected chi connectivity index (χ4v) is 4.48. The van der Waals surface area contributed by atoms with E-state index in [9.17, 15) is 22.8 Å². The van der Waals surface area contributed by atoms with Gasteiger partial charge < -0.3 is 25.3 Å². The van der Waals surface area contributed by atoms with Crippen LogP contribution in [0.5, 0.6) is 17.2 Å². The Balaban J connectivity index is 1.47. The Morgan fingerprint density at radius 1 is 1.14 bits per heavy atom. The minimum Gasteiger partial charge on any atom is -0.493 e. The summed E-state index contributed by atoms with van der Waals surface area (Å²) in [6, 6.07) is 14.4. The normalized spacial score (nSPS) is 18.1. The number of nitrogens with one attached hydrogen (secondary N) is 1. The van der Waals surface area contributed by atoms with E-state index in [-0.39, 0.29) is 35.3 Å². The Morgan fingerprint density at radius 3 is 2.52 bits per heavy atom. The van der Waals surface area contributed by atoms with Crippen LogP contribution in [0.25, 0.3) is 0 Å². The molecule has 0 saturated heterocycles. The highest BCUT2D eigenvalue weighted by atomic mass is 19.4. The molecular formula is C31H28F3N3O5. The Kier molecular flexibility index (Phi) is 7.73. The number of fused-ring (bicyclic) bond motifs is 1. The molecule has 8 nitrogen and oxygen atoms in total. The van der Waals surface area contributed by atoms with Gasteiger partial charge in [-0.25, -0.2) is 4.98 Å². The van der Waals surface area contributed by atoms with Gasteiger partial charge in [-0.05, 0) is 62.1 Å². The Hall–Kier alpha value is -4.72. The molecule has 0 unspecified atom stereocenters. The third-order valence-electron chi connectivity index (χ3n) is 7.20. The number of benzene rings is 2. The van der Waals surface area contributed by atoms with Crippen LogP contribution >= 0.6 is 0 Å². The number of pyridine rings is 1. The number of nitrogens with two attached hydrogens (primary N) is 1. The second-order valence-electron chi connectivity index (χ2n) is 10.4. The summed E-state index contributed by atoms with van der Waals surface area (Å²) in [6.07, 6.45) is -2.87. The van der Waals surface area contributed by atoms with Crippen LogP contribution in [0.15, 0.2) is 54.6 Å². The highest BCUT2D eigenvalue weighted by Crippen LogP contribution is 2.43. The average molecular weight is 580 g/mol. The third kappa shape index (κ3) is 5.98. The predicted molar refractivity (Wildman–Crippen MR) is 146 cm³/mol. The lowest BCUT2D eigenvalue weighted by Crippen LogP contribution is -2.40. The summed E-state index contributed by atoms with van der Waals surface area (Å²) in [5.41, 5.74) is 4.61.